The highest BCUT2D eigenvalue weighted by Crippen LogP contribution is 2.34. The highest BCUT2D eigenvalue weighted by atomic mass is 32.1. The average molecular weight is 274 g/mol. The minimum Gasteiger partial charge on any atom is -0.298 e. The highest BCUT2D eigenvalue weighted by molar-refractivity contribution is 7.17. The molecule has 8 heteroatoms. The van der Waals surface area contributed by atoms with Gasteiger partial charge in [-0.25, -0.2) is 24.9 Å². The third-order valence-corrected chi connectivity index (χ3v) is 4.14. The lowest BCUT2D eigenvalue weighted by atomic mass is 10.4. The van der Waals surface area contributed by atoms with Gasteiger partial charge in [0.2, 0.25) is 0 Å². The first-order valence-corrected chi connectivity index (χ1v) is 6.90. The lowest BCUT2D eigenvalue weighted by Crippen LogP contribution is -2.32. The van der Waals surface area contributed by atoms with Crippen LogP contribution in [0.5, 0.6) is 0 Å². The van der Waals surface area contributed by atoms with E-state index >= 15 is 0 Å². The number of anilines is 2. The van der Waals surface area contributed by atoms with E-state index in [0.717, 1.165) is 21.2 Å². The van der Waals surface area contributed by atoms with Crippen molar-refractivity contribution < 1.29 is 0 Å². The van der Waals surface area contributed by atoms with Crippen LogP contribution in [0.3, 0.4) is 0 Å². The molecular formula is C10H6N6S2. The molecule has 3 aromatic heterocycles. The van der Waals surface area contributed by atoms with Gasteiger partial charge in [-0.3, -0.25) is 5.43 Å². The summed E-state index contributed by atoms with van der Waals surface area (Å²) in [5, 5.41) is 1.86. The number of hydrogen-bond donors (Lipinski definition) is 1. The van der Waals surface area contributed by atoms with E-state index < -0.39 is 0 Å². The summed E-state index contributed by atoms with van der Waals surface area (Å²) in [7, 11) is 0. The van der Waals surface area contributed by atoms with Gasteiger partial charge in [0.1, 0.15) is 11.0 Å². The Morgan fingerprint density at radius 1 is 1.00 bits per heavy atom. The van der Waals surface area contributed by atoms with Gasteiger partial charge in [0.25, 0.3) is 0 Å². The molecule has 1 aliphatic rings. The van der Waals surface area contributed by atoms with Gasteiger partial charge in [-0.2, -0.15) is 0 Å². The van der Waals surface area contributed by atoms with Gasteiger partial charge in [-0.15, -0.1) is 22.7 Å². The lowest BCUT2D eigenvalue weighted by molar-refractivity contribution is 0.849. The van der Waals surface area contributed by atoms with E-state index in [0.29, 0.717) is 5.65 Å². The van der Waals surface area contributed by atoms with E-state index in [-0.39, 0.29) is 0 Å². The van der Waals surface area contributed by atoms with Gasteiger partial charge >= 0.3 is 0 Å². The molecule has 0 spiro atoms. The normalized spacial score (nSPS) is 13.7. The van der Waals surface area contributed by atoms with Crippen LogP contribution < -0.4 is 10.4 Å². The van der Waals surface area contributed by atoms with Gasteiger partial charge < -0.3 is 0 Å². The van der Waals surface area contributed by atoms with Gasteiger partial charge in [0.05, 0.1) is 15.9 Å². The smallest absolute Gasteiger partial charge is 0.176 e. The van der Waals surface area contributed by atoms with Crippen LogP contribution in [0.15, 0.2) is 23.5 Å². The van der Waals surface area contributed by atoms with E-state index in [1.54, 1.807) is 16.8 Å². The molecule has 0 radical (unpaired) electrons. The fourth-order valence-corrected chi connectivity index (χ4v) is 3.16. The molecule has 0 saturated carbocycles. The standard InChI is InChI=1S/C10H6N6S2/c1-2-15-16(9-6(1)17-5-14-9)10-7-8(11-3-12-10)13-4-18-7/h1-5,15H. The highest BCUT2D eigenvalue weighted by Gasteiger charge is 2.21. The number of nitrogens with zero attached hydrogens (tertiary/aromatic N) is 5. The molecule has 0 saturated heterocycles. The maximum atomic E-state index is 4.36. The second-order valence-electron chi connectivity index (χ2n) is 3.54. The summed E-state index contributed by atoms with van der Waals surface area (Å²) in [5.74, 6) is 1.63. The van der Waals surface area contributed by atoms with Crippen molar-refractivity contribution in [3.05, 3.63) is 28.4 Å². The Morgan fingerprint density at radius 3 is 2.94 bits per heavy atom. The van der Waals surface area contributed by atoms with E-state index in [4.69, 9.17) is 0 Å². The first-order valence-electron chi connectivity index (χ1n) is 5.14. The van der Waals surface area contributed by atoms with Gasteiger partial charge in [0, 0.05) is 6.20 Å². The van der Waals surface area contributed by atoms with Crippen LogP contribution in [0.4, 0.5) is 11.6 Å². The molecule has 3 aromatic rings. The summed E-state index contributed by atoms with van der Waals surface area (Å²) >= 11 is 3.11. The number of hydrazine groups is 1. The average Bonchev–Trinajstić information content (AvgIpc) is 3.06. The fourth-order valence-electron chi connectivity index (χ4n) is 1.78. The van der Waals surface area contributed by atoms with Crippen molar-refractivity contribution in [1.82, 2.24) is 25.4 Å². The van der Waals surface area contributed by atoms with E-state index in [1.165, 1.54) is 17.7 Å². The maximum absolute atomic E-state index is 4.36. The first kappa shape index (κ1) is 9.92. The molecule has 0 aromatic carbocycles. The molecule has 0 fully saturated rings. The summed E-state index contributed by atoms with van der Waals surface area (Å²) < 4.78 is 0.944. The van der Waals surface area contributed by atoms with Crippen LogP contribution in [0.2, 0.25) is 0 Å². The van der Waals surface area contributed by atoms with Crippen LogP contribution in [-0.2, 0) is 0 Å². The van der Waals surface area contributed by atoms with Crippen LogP contribution >= 0.6 is 22.7 Å². The van der Waals surface area contributed by atoms with Crippen LogP contribution in [0, 0.1) is 0 Å². The van der Waals surface area contributed by atoms with Crippen molar-refractivity contribution in [2.24, 2.45) is 0 Å². The molecular weight excluding hydrogens is 268 g/mol. The Labute approximate surface area is 110 Å². The zero-order chi connectivity index (χ0) is 11.9. The molecule has 1 N–H and O–H groups in total. The van der Waals surface area contributed by atoms with Crippen LogP contribution in [0.1, 0.15) is 4.88 Å². The SMILES string of the molecule is C1=Cc2scnc2N(c2ncnc3ncsc23)N1. The quantitative estimate of drug-likeness (QED) is 0.733. The number of rotatable bonds is 1. The lowest BCUT2D eigenvalue weighted by Gasteiger charge is -2.24. The zero-order valence-electron chi connectivity index (χ0n) is 8.94. The van der Waals surface area contributed by atoms with Gasteiger partial charge in [-0.1, -0.05) is 0 Å². The van der Waals surface area contributed by atoms with E-state index in [2.05, 4.69) is 25.4 Å². The Bertz CT molecular complexity index is 746. The third-order valence-electron chi connectivity index (χ3n) is 2.55. The van der Waals surface area contributed by atoms with Crippen molar-refractivity contribution in [3.63, 3.8) is 0 Å². The monoisotopic (exact) mass is 274 g/mol. The number of aromatic nitrogens is 4. The van der Waals surface area contributed by atoms with Gasteiger partial charge in [-0.05, 0) is 6.08 Å². The molecule has 0 aliphatic carbocycles. The Balaban J connectivity index is 1.94. The first-order chi connectivity index (χ1) is 8.93. The van der Waals surface area contributed by atoms with E-state index in [1.807, 2.05) is 22.8 Å². The topological polar surface area (TPSA) is 66.8 Å². The molecule has 88 valence electrons. The maximum Gasteiger partial charge on any atom is 0.176 e. The van der Waals surface area contributed by atoms with Crippen molar-refractivity contribution in [3.8, 4) is 0 Å². The van der Waals surface area contributed by atoms with Crippen molar-refractivity contribution in [2.75, 3.05) is 5.01 Å². The molecule has 0 atom stereocenters. The summed E-state index contributed by atoms with van der Waals surface area (Å²) in [6.45, 7) is 0. The molecule has 4 heterocycles. The third kappa shape index (κ3) is 1.33. The van der Waals surface area contributed by atoms with Crippen molar-refractivity contribution in [2.45, 2.75) is 0 Å². The predicted octanol–water partition coefficient (Wildman–Crippen LogP) is 2.17. The second kappa shape index (κ2) is 3.72. The Kier molecular flexibility index (Phi) is 2.05. The summed E-state index contributed by atoms with van der Waals surface area (Å²) in [5.41, 5.74) is 7.44. The number of fused-ring (bicyclic) bond motifs is 2. The predicted molar refractivity (Wildman–Crippen MR) is 71.6 cm³/mol. The molecule has 6 nitrogen and oxygen atoms in total. The largest absolute Gasteiger partial charge is 0.298 e. The number of hydrogen-bond acceptors (Lipinski definition) is 8. The fraction of sp³-hybridized carbons (Fsp3) is 0. The summed E-state index contributed by atoms with van der Waals surface area (Å²) in [6.07, 6.45) is 5.38. The molecule has 0 amide bonds. The summed E-state index contributed by atoms with van der Waals surface area (Å²) in [6, 6.07) is 0. The summed E-state index contributed by atoms with van der Waals surface area (Å²) in [4.78, 5) is 18.1. The molecule has 0 bridgehead atoms. The van der Waals surface area contributed by atoms with E-state index in [9.17, 15) is 0 Å². The number of thiazole rings is 2. The van der Waals surface area contributed by atoms with Crippen molar-refractivity contribution in [1.29, 1.82) is 0 Å². The second-order valence-corrected chi connectivity index (χ2v) is 5.28. The molecule has 1 aliphatic heterocycles. The van der Waals surface area contributed by atoms with Gasteiger partial charge in [0.15, 0.2) is 17.3 Å². The Hall–Kier alpha value is -2.06. The molecule has 4 rings (SSSR count). The van der Waals surface area contributed by atoms with Crippen LogP contribution in [-0.4, -0.2) is 19.9 Å². The Morgan fingerprint density at radius 2 is 1.94 bits per heavy atom. The van der Waals surface area contributed by atoms with Crippen molar-refractivity contribution >= 4 is 50.7 Å². The minimum absolute atomic E-state index is 0.707. The molecule has 18 heavy (non-hydrogen) atoms. The van der Waals surface area contributed by atoms with Crippen LogP contribution in [0.25, 0.3) is 16.4 Å². The number of nitrogens with one attached hydrogen (secondary N) is 1. The zero-order valence-corrected chi connectivity index (χ0v) is 10.6. The minimum atomic E-state index is 0.707. The molecule has 0 unspecified atom stereocenters.